The summed E-state index contributed by atoms with van der Waals surface area (Å²) in [6, 6.07) is 13.2. The Morgan fingerprint density at radius 3 is 2.38 bits per heavy atom. The van der Waals surface area contributed by atoms with E-state index in [0.29, 0.717) is 0 Å². The molecule has 1 aromatic heterocycles. The van der Waals surface area contributed by atoms with Crippen molar-refractivity contribution in [2.75, 3.05) is 5.32 Å². The Morgan fingerprint density at radius 1 is 1.08 bits per heavy atom. The molecule has 0 unspecified atom stereocenters. The maximum absolute atomic E-state index is 12.9. The minimum absolute atomic E-state index is 0.102. The van der Waals surface area contributed by atoms with Crippen LogP contribution in [0.4, 0.5) is 16.0 Å². The molecule has 0 amide bonds. The van der Waals surface area contributed by atoms with Crippen molar-refractivity contribution in [3.63, 3.8) is 0 Å². The third-order valence-corrected chi connectivity index (χ3v) is 3.54. The van der Waals surface area contributed by atoms with Crippen molar-refractivity contribution in [3.05, 3.63) is 76.0 Å². The maximum Gasteiger partial charge on any atom is 0.274 e. The van der Waals surface area contributed by atoms with Gasteiger partial charge in [-0.2, -0.15) is 0 Å². The molecule has 0 fully saturated rings. The number of rotatable bonds is 6. The highest BCUT2D eigenvalue weighted by atomic mass is 19.1. The van der Waals surface area contributed by atoms with Crippen LogP contribution in [0.25, 0.3) is 0 Å². The predicted octanol–water partition coefficient (Wildman–Crippen LogP) is 3.43. The first-order chi connectivity index (χ1) is 12.5. The Balaban J connectivity index is 1.69. The summed E-state index contributed by atoms with van der Waals surface area (Å²) in [7, 11) is 0. The Morgan fingerprint density at radius 2 is 1.77 bits per heavy atom. The van der Waals surface area contributed by atoms with Gasteiger partial charge >= 0.3 is 0 Å². The molecular weight excluding hydrogens is 335 g/mol. The molecule has 0 saturated heterocycles. The highest BCUT2D eigenvalue weighted by molar-refractivity contribution is 5.54. The topological polar surface area (TPSA) is 79.9 Å². The van der Waals surface area contributed by atoms with Crippen LogP contribution < -0.4 is 15.6 Å². The van der Waals surface area contributed by atoms with Gasteiger partial charge in [0.2, 0.25) is 5.95 Å². The van der Waals surface area contributed by atoms with E-state index < -0.39 is 0 Å². The lowest BCUT2D eigenvalue weighted by Crippen LogP contribution is -2.18. The van der Waals surface area contributed by atoms with Crippen LogP contribution in [0, 0.1) is 5.82 Å². The number of aromatic amines is 1. The number of hydrogen-bond acceptors (Lipinski definition) is 5. The van der Waals surface area contributed by atoms with Gasteiger partial charge in [0.15, 0.2) is 0 Å². The van der Waals surface area contributed by atoms with Gasteiger partial charge in [-0.25, -0.2) is 4.39 Å². The van der Waals surface area contributed by atoms with E-state index >= 15 is 0 Å². The number of hydrogen-bond donors (Lipinski definition) is 2. The monoisotopic (exact) mass is 354 g/mol. The van der Waals surface area contributed by atoms with Gasteiger partial charge in [0.25, 0.3) is 5.56 Å². The third-order valence-electron chi connectivity index (χ3n) is 3.54. The smallest absolute Gasteiger partial charge is 0.274 e. The molecule has 2 aromatic carbocycles. The molecule has 0 atom stereocenters. The van der Waals surface area contributed by atoms with E-state index in [2.05, 4.69) is 20.5 Å². The summed E-state index contributed by atoms with van der Waals surface area (Å²) in [5, 5.41) is 11.0. The quantitative estimate of drug-likeness (QED) is 0.709. The highest BCUT2D eigenvalue weighted by Gasteiger charge is 2.07. The van der Waals surface area contributed by atoms with Crippen molar-refractivity contribution in [1.29, 1.82) is 0 Å². The second kappa shape index (κ2) is 7.77. The Bertz CT molecular complexity index is 922. The normalized spacial score (nSPS) is 10.8. The van der Waals surface area contributed by atoms with Crippen molar-refractivity contribution >= 4 is 11.6 Å². The van der Waals surface area contributed by atoms with E-state index in [4.69, 9.17) is 4.74 Å². The SMILES string of the molecule is CC(C)Oc1ccc(Nc2nnc(Cc3ccc(F)cc3)c(=O)[nH]2)cc1. The summed E-state index contributed by atoms with van der Waals surface area (Å²) < 4.78 is 18.5. The number of nitrogens with one attached hydrogen (secondary N) is 2. The van der Waals surface area contributed by atoms with Gasteiger partial charge in [-0.15, -0.1) is 10.2 Å². The van der Waals surface area contributed by atoms with Crippen molar-refractivity contribution in [2.24, 2.45) is 0 Å². The molecule has 0 aliphatic carbocycles. The Hall–Kier alpha value is -3.22. The molecule has 3 aromatic rings. The van der Waals surface area contributed by atoms with Crippen LogP contribution in [0.5, 0.6) is 5.75 Å². The number of H-pyrrole nitrogens is 1. The van der Waals surface area contributed by atoms with E-state index in [0.717, 1.165) is 17.0 Å². The second-order valence-corrected chi connectivity index (χ2v) is 6.07. The van der Waals surface area contributed by atoms with Gasteiger partial charge in [0.1, 0.15) is 17.3 Å². The lowest BCUT2D eigenvalue weighted by atomic mass is 10.1. The molecular formula is C19H19FN4O2. The summed E-state index contributed by atoms with van der Waals surface area (Å²) in [5.41, 5.74) is 1.46. The lowest BCUT2D eigenvalue weighted by Gasteiger charge is -2.10. The van der Waals surface area contributed by atoms with Gasteiger partial charge in [0, 0.05) is 12.1 Å². The molecule has 0 saturated carbocycles. The highest BCUT2D eigenvalue weighted by Crippen LogP contribution is 2.18. The molecule has 134 valence electrons. The number of benzene rings is 2. The molecule has 0 aliphatic rings. The molecule has 1 heterocycles. The number of aromatic nitrogens is 3. The van der Waals surface area contributed by atoms with Crippen LogP contribution in [0.2, 0.25) is 0 Å². The van der Waals surface area contributed by atoms with Crippen molar-refractivity contribution < 1.29 is 9.13 Å². The fourth-order valence-corrected chi connectivity index (χ4v) is 2.35. The molecule has 26 heavy (non-hydrogen) atoms. The first kappa shape index (κ1) is 17.6. The summed E-state index contributed by atoms with van der Waals surface area (Å²) in [6.07, 6.45) is 0.383. The zero-order chi connectivity index (χ0) is 18.5. The summed E-state index contributed by atoms with van der Waals surface area (Å²) in [6.45, 7) is 3.92. The summed E-state index contributed by atoms with van der Waals surface area (Å²) in [5.74, 6) is 0.688. The number of halogens is 1. The third kappa shape index (κ3) is 4.66. The van der Waals surface area contributed by atoms with Crippen LogP contribution in [0.3, 0.4) is 0 Å². The first-order valence-electron chi connectivity index (χ1n) is 8.23. The van der Waals surface area contributed by atoms with Crippen molar-refractivity contribution in [1.82, 2.24) is 15.2 Å². The average Bonchev–Trinajstić information content (AvgIpc) is 2.60. The van der Waals surface area contributed by atoms with Crippen LogP contribution in [-0.2, 0) is 6.42 Å². The van der Waals surface area contributed by atoms with E-state index in [1.807, 2.05) is 38.1 Å². The van der Waals surface area contributed by atoms with Gasteiger partial charge in [-0.1, -0.05) is 12.1 Å². The lowest BCUT2D eigenvalue weighted by molar-refractivity contribution is 0.242. The predicted molar refractivity (Wildman–Crippen MR) is 97.3 cm³/mol. The van der Waals surface area contributed by atoms with Crippen LogP contribution >= 0.6 is 0 Å². The Kier molecular flexibility index (Phi) is 5.26. The molecule has 3 rings (SSSR count). The second-order valence-electron chi connectivity index (χ2n) is 6.07. The fraction of sp³-hybridized carbons (Fsp3) is 0.211. The van der Waals surface area contributed by atoms with Crippen molar-refractivity contribution in [2.45, 2.75) is 26.4 Å². The van der Waals surface area contributed by atoms with E-state index in [1.165, 1.54) is 12.1 Å². The molecule has 7 heteroatoms. The van der Waals surface area contributed by atoms with Gasteiger partial charge in [-0.3, -0.25) is 9.78 Å². The molecule has 0 bridgehead atoms. The Labute approximate surface area is 150 Å². The van der Waals surface area contributed by atoms with E-state index in [1.54, 1.807) is 12.1 Å². The molecule has 0 radical (unpaired) electrons. The zero-order valence-corrected chi connectivity index (χ0v) is 14.5. The van der Waals surface area contributed by atoms with Crippen LogP contribution in [0.1, 0.15) is 25.1 Å². The fourth-order valence-electron chi connectivity index (χ4n) is 2.35. The van der Waals surface area contributed by atoms with Crippen LogP contribution in [0.15, 0.2) is 53.3 Å². The summed E-state index contributed by atoms with van der Waals surface area (Å²) >= 11 is 0. The standard InChI is InChI=1S/C19H19FN4O2/c1-12(2)26-16-9-7-15(8-10-16)21-19-22-18(25)17(23-24-19)11-13-3-5-14(20)6-4-13/h3-10,12H,11H2,1-2H3,(H2,21,22,24,25). The van der Waals surface area contributed by atoms with Gasteiger partial charge in [-0.05, 0) is 55.8 Å². The molecule has 0 spiro atoms. The van der Waals surface area contributed by atoms with Crippen molar-refractivity contribution in [3.8, 4) is 5.75 Å². The van der Waals surface area contributed by atoms with Gasteiger partial charge in [0.05, 0.1) is 6.10 Å². The maximum atomic E-state index is 12.9. The molecule has 2 N–H and O–H groups in total. The number of ether oxygens (including phenoxy) is 1. The minimum atomic E-state index is -0.341. The number of nitrogens with zero attached hydrogens (tertiary/aromatic N) is 2. The zero-order valence-electron chi connectivity index (χ0n) is 14.5. The van der Waals surface area contributed by atoms with Gasteiger partial charge < -0.3 is 10.1 Å². The largest absolute Gasteiger partial charge is 0.491 e. The first-order valence-corrected chi connectivity index (χ1v) is 8.23. The van der Waals surface area contributed by atoms with Crippen LogP contribution in [-0.4, -0.2) is 21.3 Å². The average molecular weight is 354 g/mol. The van der Waals surface area contributed by atoms with E-state index in [9.17, 15) is 9.18 Å². The molecule has 6 nitrogen and oxygen atoms in total. The minimum Gasteiger partial charge on any atom is -0.491 e. The molecule has 0 aliphatic heterocycles. The van der Waals surface area contributed by atoms with E-state index in [-0.39, 0.29) is 35.5 Å². The number of anilines is 2. The summed E-state index contributed by atoms with van der Waals surface area (Å²) in [4.78, 5) is 14.8.